The first-order chi connectivity index (χ1) is 37.0. The van der Waals surface area contributed by atoms with Gasteiger partial charge in [-0.1, -0.05) is 74.5 Å². The van der Waals surface area contributed by atoms with Gasteiger partial charge in [0, 0.05) is 49.7 Å². The molecule has 0 aliphatic heterocycles. The first-order valence-corrected chi connectivity index (χ1v) is 26.4. The lowest BCUT2D eigenvalue weighted by atomic mass is 10.0. The van der Waals surface area contributed by atoms with E-state index in [0.717, 1.165) is 0 Å². The number of para-hydroxylation sites is 1. The molecular weight excluding hydrogens is 1030 g/mol. The van der Waals surface area contributed by atoms with Gasteiger partial charge in [-0.25, -0.2) is 0 Å². The molecule has 0 saturated heterocycles. The van der Waals surface area contributed by atoms with E-state index >= 15 is 0 Å². The number of nitrogens with one attached hydrogen (secondary N) is 9. The normalized spacial score (nSPS) is 13.7. The number of aromatic nitrogens is 1. The SMILES string of the molecule is CSCC[C@H](NC(=O)[C@H](Cc1ccccc1)NC(C)=O)C(=O)N[C@@H](CC(=O)O)C(=O)N[C@@H](Cc1ccc(O)cc1)C(=O)N[C@H](Cc1c[nH]c2ccccc12)C(=O)N[C@@H](CCC(=O)O)C(=O)NCC(=O)N[C@@H](CC(C)C)C(N)=O. The number of rotatable bonds is 32. The van der Waals surface area contributed by atoms with Gasteiger partial charge in [-0.05, 0) is 72.1 Å². The van der Waals surface area contributed by atoms with E-state index in [1.807, 2.05) is 0 Å². The summed E-state index contributed by atoms with van der Waals surface area (Å²) in [5, 5.41) is 50.2. The Balaban J connectivity index is 1.65. The number of aliphatic carboxylic acids is 2. The highest BCUT2D eigenvalue weighted by Gasteiger charge is 2.35. The number of aromatic amines is 1. The van der Waals surface area contributed by atoms with Crippen LogP contribution in [0.4, 0.5) is 0 Å². The van der Waals surface area contributed by atoms with E-state index < -0.39 is 133 Å². The monoisotopic (exact) mass is 1100 g/mol. The number of H-pyrrole nitrogens is 1. The third kappa shape index (κ3) is 20.9. The summed E-state index contributed by atoms with van der Waals surface area (Å²) < 4.78 is 0. The van der Waals surface area contributed by atoms with Gasteiger partial charge in [-0.15, -0.1) is 0 Å². The van der Waals surface area contributed by atoms with Crippen molar-refractivity contribution in [3.05, 3.63) is 102 Å². The van der Waals surface area contributed by atoms with E-state index in [0.29, 0.717) is 33.3 Å². The third-order valence-electron chi connectivity index (χ3n) is 12.1. The van der Waals surface area contributed by atoms with E-state index in [1.54, 1.807) is 80.9 Å². The van der Waals surface area contributed by atoms with E-state index in [-0.39, 0.29) is 43.8 Å². The van der Waals surface area contributed by atoms with E-state index in [1.165, 1.54) is 43.0 Å². The summed E-state index contributed by atoms with van der Waals surface area (Å²) in [5.41, 5.74) is 7.65. The number of aromatic hydroxyl groups is 1. The van der Waals surface area contributed by atoms with Gasteiger partial charge in [0.25, 0.3) is 0 Å². The first-order valence-electron chi connectivity index (χ1n) is 25.0. The zero-order valence-corrected chi connectivity index (χ0v) is 44.4. The molecule has 0 saturated carbocycles. The number of fused-ring (bicyclic) bond motifs is 1. The van der Waals surface area contributed by atoms with Crippen molar-refractivity contribution < 1.29 is 68.1 Å². The molecule has 9 amide bonds. The molecule has 3 aromatic carbocycles. The van der Waals surface area contributed by atoms with Gasteiger partial charge in [0.2, 0.25) is 53.2 Å². The lowest BCUT2D eigenvalue weighted by molar-refractivity contribution is -0.141. The van der Waals surface area contributed by atoms with Crippen LogP contribution in [0.25, 0.3) is 10.9 Å². The van der Waals surface area contributed by atoms with Crippen LogP contribution in [0.2, 0.25) is 0 Å². The third-order valence-corrected chi connectivity index (χ3v) is 12.7. The van der Waals surface area contributed by atoms with Crippen molar-refractivity contribution >= 4 is 87.8 Å². The number of hydrogen-bond acceptors (Lipinski definition) is 13. The Bertz CT molecular complexity index is 2760. The van der Waals surface area contributed by atoms with Crippen molar-refractivity contribution in [2.75, 3.05) is 18.6 Å². The van der Waals surface area contributed by atoms with Gasteiger partial charge in [0.15, 0.2) is 0 Å². The van der Waals surface area contributed by atoms with Gasteiger partial charge in [0.05, 0.1) is 13.0 Å². The van der Waals surface area contributed by atoms with Gasteiger partial charge < -0.3 is 68.6 Å². The Morgan fingerprint density at radius 2 is 1.09 bits per heavy atom. The number of amides is 9. The molecule has 0 radical (unpaired) electrons. The highest BCUT2D eigenvalue weighted by molar-refractivity contribution is 7.98. The number of phenols is 1. The Kier molecular flexibility index (Phi) is 24.6. The summed E-state index contributed by atoms with van der Waals surface area (Å²) in [6.45, 7) is 4.13. The fraction of sp³-hybridized carbons (Fsp3) is 0.415. The molecule has 24 nitrogen and oxygen atoms in total. The molecule has 4 rings (SSSR count). The number of carbonyl (C=O) groups excluding carboxylic acids is 9. The number of carboxylic acid groups (broad SMARTS) is 2. The number of thioether (sulfide) groups is 1. The Labute approximate surface area is 454 Å². The van der Waals surface area contributed by atoms with Gasteiger partial charge in [-0.3, -0.25) is 52.7 Å². The van der Waals surface area contributed by atoms with Crippen molar-refractivity contribution in [3.63, 3.8) is 0 Å². The number of carbonyl (C=O) groups is 11. The number of primary amides is 1. The Morgan fingerprint density at radius 1 is 0.577 bits per heavy atom. The number of phenolic OH excluding ortho intramolecular Hbond substituents is 1. The maximum atomic E-state index is 14.7. The lowest BCUT2D eigenvalue weighted by Crippen LogP contribution is -2.60. The van der Waals surface area contributed by atoms with Crippen molar-refractivity contribution in [1.29, 1.82) is 0 Å². The van der Waals surface area contributed by atoms with Crippen molar-refractivity contribution in [1.82, 2.24) is 47.5 Å². The fourth-order valence-corrected chi connectivity index (χ4v) is 8.62. The predicted octanol–water partition coefficient (Wildman–Crippen LogP) is 0.0551. The van der Waals surface area contributed by atoms with E-state index in [4.69, 9.17) is 5.73 Å². The number of benzene rings is 3. The summed E-state index contributed by atoms with van der Waals surface area (Å²) in [6, 6.07) is 11.0. The standard InChI is InChI=1S/C53H68N10O14S/c1-29(2)22-39(47(54)71)58-44(66)28-56-48(72)37(18-19-45(67)68)59-52(76)42(25-33-27-55-36-13-9-8-12-35(33)36)62-51(75)41(24-32-14-16-34(65)17-15-32)61-53(77)43(26-46(69)70)63-49(73)38(20-21-78-4)60-50(74)40(57-30(3)64)23-31-10-6-5-7-11-31/h5-17,27,29,37-43,55,65H,18-26,28H2,1-4H3,(H2,54,71)(H,56,72)(H,57,64)(H,58,66)(H,59,76)(H,60,74)(H,61,77)(H,62,75)(H,63,73)(H,67,68)(H,69,70)/t37-,38-,39-,40-,41-,42+,43-/m0/s1. The van der Waals surface area contributed by atoms with Crippen LogP contribution in [0.15, 0.2) is 85.1 Å². The molecule has 420 valence electrons. The molecule has 7 atom stereocenters. The lowest BCUT2D eigenvalue weighted by Gasteiger charge is -2.27. The van der Waals surface area contributed by atoms with E-state index in [9.17, 15) is 68.1 Å². The minimum atomic E-state index is -1.87. The Hall–Kier alpha value is -8.48. The summed E-state index contributed by atoms with van der Waals surface area (Å²) >= 11 is 1.33. The van der Waals surface area contributed by atoms with Crippen LogP contribution in [0.1, 0.15) is 69.6 Å². The van der Waals surface area contributed by atoms with Gasteiger partial charge in [0.1, 0.15) is 48.0 Å². The highest BCUT2D eigenvalue weighted by Crippen LogP contribution is 2.20. The largest absolute Gasteiger partial charge is 0.508 e. The molecule has 1 aromatic heterocycles. The number of nitrogens with two attached hydrogens (primary N) is 1. The zero-order valence-electron chi connectivity index (χ0n) is 43.6. The molecule has 0 spiro atoms. The molecule has 0 aliphatic rings. The molecule has 78 heavy (non-hydrogen) atoms. The summed E-state index contributed by atoms with van der Waals surface area (Å²) in [4.78, 5) is 149. The second-order valence-corrected chi connectivity index (χ2v) is 19.9. The minimum absolute atomic E-state index is 0.00796. The summed E-state index contributed by atoms with van der Waals surface area (Å²) in [5.74, 6) is -10.8. The maximum absolute atomic E-state index is 14.7. The second kappa shape index (κ2) is 30.9. The number of carboxylic acids is 2. The molecule has 25 heteroatoms. The first kappa shape index (κ1) is 62.1. The molecule has 0 fully saturated rings. The molecule has 0 unspecified atom stereocenters. The molecule has 14 N–H and O–H groups in total. The maximum Gasteiger partial charge on any atom is 0.305 e. The predicted molar refractivity (Wildman–Crippen MR) is 287 cm³/mol. The van der Waals surface area contributed by atoms with Gasteiger partial charge in [-0.2, -0.15) is 11.8 Å². The molecule has 0 bridgehead atoms. The van der Waals surface area contributed by atoms with Crippen LogP contribution in [0.3, 0.4) is 0 Å². The average Bonchev–Trinajstić information content (AvgIpc) is 3.81. The van der Waals surface area contributed by atoms with Gasteiger partial charge >= 0.3 is 11.9 Å². The minimum Gasteiger partial charge on any atom is -0.508 e. The smallest absolute Gasteiger partial charge is 0.305 e. The molecular formula is C53H68N10O14S. The highest BCUT2D eigenvalue weighted by atomic mass is 32.2. The molecule has 0 aliphatic carbocycles. The van der Waals surface area contributed by atoms with Crippen molar-refractivity contribution in [3.8, 4) is 5.75 Å². The zero-order chi connectivity index (χ0) is 57.5. The summed E-state index contributed by atoms with van der Waals surface area (Å²) in [6.07, 6.45) is 0.863. The average molecular weight is 1100 g/mol. The fourth-order valence-electron chi connectivity index (χ4n) is 8.15. The second-order valence-electron chi connectivity index (χ2n) is 18.9. The van der Waals surface area contributed by atoms with Crippen LogP contribution < -0.4 is 48.3 Å². The quantitative estimate of drug-likeness (QED) is 0.0307. The van der Waals surface area contributed by atoms with Crippen LogP contribution in [-0.2, 0) is 72.0 Å². The van der Waals surface area contributed by atoms with E-state index in [2.05, 4.69) is 47.5 Å². The number of hydrogen-bond donors (Lipinski definition) is 13. The summed E-state index contributed by atoms with van der Waals surface area (Å²) in [7, 11) is 0. The van der Waals surface area contributed by atoms with Crippen LogP contribution in [0.5, 0.6) is 5.75 Å². The molecule has 4 aromatic rings. The van der Waals surface area contributed by atoms with Crippen molar-refractivity contribution in [2.24, 2.45) is 11.7 Å². The van der Waals surface area contributed by atoms with Crippen LogP contribution in [-0.4, -0.2) is 146 Å². The van der Waals surface area contributed by atoms with Crippen LogP contribution >= 0.6 is 11.8 Å². The molecule has 1 heterocycles. The van der Waals surface area contributed by atoms with Crippen LogP contribution in [0, 0.1) is 5.92 Å². The topological polar surface area (TPSA) is 387 Å². The van der Waals surface area contributed by atoms with Crippen molar-refractivity contribution in [2.45, 2.75) is 114 Å². The Morgan fingerprint density at radius 3 is 1.65 bits per heavy atom.